The predicted octanol–water partition coefficient (Wildman–Crippen LogP) is 1.54. The summed E-state index contributed by atoms with van der Waals surface area (Å²) in [4.78, 5) is 1.42. The van der Waals surface area contributed by atoms with Crippen LogP contribution in [0.15, 0.2) is 17.5 Å². The molecule has 1 fully saturated rings. The molecule has 0 bridgehead atoms. The van der Waals surface area contributed by atoms with Crippen molar-refractivity contribution in [1.29, 1.82) is 0 Å². The van der Waals surface area contributed by atoms with Gasteiger partial charge >= 0.3 is 0 Å². The lowest BCUT2D eigenvalue weighted by Gasteiger charge is -2.38. The smallest absolute Gasteiger partial charge is 0.0628 e. The summed E-state index contributed by atoms with van der Waals surface area (Å²) in [5, 5.41) is 9.24. The predicted molar refractivity (Wildman–Crippen MR) is 57.1 cm³/mol. The Hall–Kier alpha value is -0.380. The van der Waals surface area contributed by atoms with Crippen molar-refractivity contribution in [2.24, 2.45) is 0 Å². The first-order valence-electron chi connectivity index (χ1n) is 4.73. The van der Waals surface area contributed by atoms with Gasteiger partial charge in [-0.3, -0.25) is 0 Å². The number of thiophene rings is 1. The van der Waals surface area contributed by atoms with Gasteiger partial charge < -0.3 is 10.6 Å². The summed E-state index contributed by atoms with van der Waals surface area (Å²) in [7, 11) is 0. The van der Waals surface area contributed by atoms with Gasteiger partial charge in [0.2, 0.25) is 0 Å². The molecule has 2 N–H and O–H groups in total. The van der Waals surface area contributed by atoms with Crippen molar-refractivity contribution in [1.82, 2.24) is 10.6 Å². The minimum absolute atomic E-state index is 0.131. The van der Waals surface area contributed by atoms with Crippen molar-refractivity contribution < 1.29 is 0 Å². The zero-order chi connectivity index (χ0) is 9.31. The normalized spacial score (nSPS) is 34.8. The average Bonchev–Trinajstić information content (AvgIpc) is 2.55. The number of hydrogen-bond donors (Lipinski definition) is 2. The first kappa shape index (κ1) is 9.19. The van der Waals surface area contributed by atoms with E-state index in [2.05, 4.69) is 42.0 Å². The number of piperazine rings is 1. The molecule has 3 heteroatoms. The van der Waals surface area contributed by atoms with E-state index < -0.39 is 0 Å². The van der Waals surface area contributed by atoms with Crippen LogP contribution in [0.3, 0.4) is 0 Å². The molecule has 1 saturated heterocycles. The number of nitrogens with one attached hydrogen (secondary N) is 2. The molecule has 2 atom stereocenters. The van der Waals surface area contributed by atoms with Crippen LogP contribution in [0.4, 0.5) is 0 Å². The fraction of sp³-hybridized carbons (Fsp3) is 0.600. The van der Waals surface area contributed by atoms with Gasteiger partial charge in [-0.2, -0.15) is 0 Å². The van der Waals surface area contributed by atoms with Crippen LogP contribution in [0.2, 0.25) is 0 Å². The molecular formula is C10H16N2S. The van der Waals surface area contributed by atoms with E-state index in [-0.39, 0.29) is 5.54 Å². The molecule has 0 saturated carbocycles. The van der Waals surface area contributed by atoms with Gasteiger partial charge in [-0.25, -0.2) is 0 Å². The number of rotatable bonds is 1. The van der Waals surface area contributed by atoms with Crippen LogP contribution < -0.4 is 10.6 Å². The van der Waals surface area contributed by atoms with Gasteiger partial charge in [0.25, 0.3) is 0 Å². The van der Waals surface area contributed by atoms with Gasteiger partial charge in [-0.15, -0.1) is 11.3 Å². The maximum absolute atomic E-state index is 3.64. The first-order valence-corrected chi connectivity index (χ1v) is 5.61. The molecule has 0 aromatic carbocycles. The molecule has 0 aliphatic carbocycles. The second kappa shape index (κ2) is 3.40. The van der Waals surface area contributed by atoms with Crippen LogP contribution >= 0.6 is 11.3 Å². The largest absolute Gasteiger partial charge is 0.313 e. The van der Waals surface area contributed by atoms with Gasteiger partial charge in [0, 0.05) is 24.0 Å². The molecule has 0 radical (unpaired) electrons. The minimum Gasteiger partial charge on any atom is -0.313 e. The molecule has 0 amide bonds. The third-order valence-electron chi connectivity index (χ3n) is 2.56. The fourth-order valence-electron chi connectivity index (χ4n) is 1.94. The van der Waals surface area contributed by atoms with E-state index >= 15 is 0 Å². The third-order valence-corrected chi connectivity index (χ3v) is 3.69. The molecule has 1 aromatic heterocycles. The summed E-state index contributed by atoms with van der Waals surface area (Å²) in [6.45, 7) is 6.58. The van der Waals surface area contributed by atoms with E-state index in [1.54, 1.807) is 0 Å². The molecule has 0 spiro atoms. The standard InChI is InChI=1S/C10H16N2S/c1-8-6-11-7-10(2,12-8)9-4-3-5-13-9/h3-5,8,11-12H,6-7H2,1-2H3. The highest BCUT2D eigenvalue weighted by Gasteiger charge is 2.31. The summed E-state index contributed by atoms with van der Waals surface area (Å²) in [5.74, 6) is 0. The van der Waals surface area contributed by atoms with Crippen LogP contribution in [-0.2, 0) is 5.54 Å². The first-order chi connectivity index (χ1) is 6.21. The van der Waals surface area contributed by atoms with Gasteiger partial charge in [0.1, 0.15) is 0 Å². The van der Waals surface area contributed by atoms with Crippen molar-refractivity contribution in [3.8, 4) is 0 Å². The molecule has 72 valence electrons. The van der Waals surface area contributed by atoms with Crippen molar-refractivity contribution >= 4 is 11.3 Å². The Morgan fingerprint density at radius 2 is 2.46 bits per heavy atom. The van der Waals surface area contributed by atoms with Gasteiger partial charge in [-0.1, -0.05) is 6.07 Å². The maximum Gasteiger partial charge on any atom is 0.0628 e. The summed E-state index contributed by atoms with van der Waals surface area (Å²) < 4.78 is 0. The van der Waals surface area contributed by atoms with Gasteiger partial charge in [-0.05, 0) is 25.3 Å². The fourth-order valence-corrected chi connectivity index (χ4v) is 2.79. The molecule has 2 unspecified atom stereocenters. The highest BCUT2D eigenvalue weighted by Crippen LogP contribution is 2.26. The highest BCUT2D eigenvalue weighted by molar-refractivity contribution is 7.10. The van der Waals surface area contributed by atoms with Crippen LogP contribution in [-0.4, -0.2) is 19.1 Å². The van der Waals surface area contributed by atoms with Crippen LogP contribution in [0.25, 0.3) is 0 Å². The Labute approximate surface area is 83.4 Å². The molecule has 2 rings (SSSR count). The summed E-state index contributed by atoms with van der Waals surface area (Å²) in [6.07, 6.45) is 0. The highest BCUT2D eigenvalue weighted by atomic mass is 32.1. The third kappa shape index (κ3) is 1.77. The second-order valence-corrected chi connectivity index (χ2v) is 4.93. The van der Waals surface area contributed by atoms with Crippen LogP contribution in [0, 0.1) is 0 Å². The lowest BCUT2D eigenvalue weighted by Crippen LogP contribution is -2.58. The van der Waals surface area contributed by atoms with E-state index in [4.69, 9.17) is 0 Å². The van der Waals surface area contributed by atoms with Gasteiger partial charge in [0.15, 0.2) is 0 Å². The summed E-state index contributed by atoms with van der Waals surface area (Å²) in [6, 6.07) is 4.88. The minimum atomic E-state index is 0.131. The average molecular weight is 196 g/mol. The Bertz CT molecular complexity index is 270. The van der Waals surface area contributed by atoms with E-state index in [9.17, 15) is 0 Å². The van der Waals surface area contributed by atoms with Crippen LogP contribution in [0.1, 0.15) is 18.7 Å². The van der Waals surface area contributed by atoms with E-state index in [0.717, 1.165) is 13.1 Å². The SMILES string of the molecule is CC1CNCC(C)(c2cccs2)N1. The molecule has 2 heterocycles. The Balaban J connectivity index is 2.20. The maximum atomic E-state index is 3.64. The summed E-state index contributed by atoms with van der Waals surface area (Å²) >= 11 is 1.83. The molecule has 1 aliphatic rings. The van der Waals surface area contributed by atoms with Crippen LogP contribution in [0.5, 0.6) is 0 Å². The second-order valence-electron chi connectivity index (χ2n) is 3.99. The lowest BCUT2D eigenvalue weighted by atomic mass is 9.96. The van der Waals surface area contributed by atoms with E-state index in [0.29, 0.717) is 6.04 Å². The quantitative estimate of drug-likeness (QED) is 0.712. The zero-order valence-corrected chi connectivity index (χ0v) is 8.95. The molecule has 1 aliphatic heterocycles. The van der Waals surface area contributed by atoms with E-state index in [1.165, 1.54) is 4.88 Å². The van der Waals surface area contributed by atoms with Crippen molar-refractivity contribution in [3.05, 3.63) is 22.4 Å². The zero-order valence-electron chi connectivity index (χ0n) is 8.13. The monoisotopic (exact) mass is 196 g/mol. The summed E-state index contributed by atoms with van der Waals surface area (Å²) in [5.41, 5.74) is 0.131. The molecule has 13 heavy (non-hydrogen) atoms. The van der Waals surface area contributed by atoms with Crippen molar-refractivity contribution in [2.45, 2.75) is 25.4 Å². The Morgan fingerprint density at radius 3 is 3.08 bits per heavy atom. The Morgan fingerprint density at radius 1 is 1.62 bits per heavy atom. The van der Waals surface area contributed by atoms with E-state index in [1.807, 2.05) is 11.3 Å². The molecular weight excluding hydrogens is 180 g/mol. The topological polar surface area (TPSA) is 24.1 Å². The Kier molecular flexibility index (Phi) is 2.41. The lowest BCUT2D eigenvalue weighted by molar-refractivity contribution is 0.259. The number of hydrogen-bond acceptors (Lipinski definition) is 3. The van der Waals surface area contributed by atoms with Crippen molar-refractivity contribution in [3.63, 3.8) is 0 Å². The van der Waals surface area contributed by atoms with Crippen molar-refractivity contribution in [2.75, 3.05) is 13.1 Å². The van der Waals surface area contributed by atoms with Gasteiger partial charge in [0.05, 0.1) is 5.54 Å². The molecule has 1 aromatic rings. The molecule has 2 nitrogen and oxygen atoms in total.